The zero-order valence-electron chi connectivity index (χ0n) is 9.44. The predicted octanol–water partition coefficient (Wildman–Crippen LogP) is 1.43. The first-order valence-electron chi connectivity index (χ1n) is 5.49. The summed E-state index contributed by atoms with van der Waals surface area (Å²) in [6, 6.07) is 0.0197. The Morgan fingerprint density at radius 3 is 3.07 bits per heavy atom. The highest BCUT2D eigenvalue weighted by atomic mass is 16.5. The highest BCUT2D eigenvalue weighted by Crippen LogP contribution is 2.29. The summed E-state index contributed by atoms with van der Waals surface area (Å²) in [4.78, 5) is 4.19. The molecular formula is C11H19N3O. The van der Waals surface area contributed by atoms with Crippen LogP contribution in [0, 0.1) is 0 Å². The molecule has 4 heteroatoms. The number of nitrogens with two attached hydrogens (primary N) is 1. The summed E-state index contributed by atoms with van der Waals surface area (Å²) in [6.45, 7) is 5.82. The summed E-state index contributed by atoms with van der Waals surface area (Å²) < 4.78 is 7.73. The Kier molecular flexibility index (Phi) is 2.80. The van der Waals surface area contributed by atoms with E-state index in [1.54, 1.807) is 0 Å². The van der Waals surface area contributed by atoms with Crippen molar-refractivity contribution in [3.05, 3.63) is 18.2 Å². The van der Waals surface area contributed by atoms with Crippen molar-refractivity contribution in [1.29, 1.82) is 0 Å². The van der Waals surface area contributed by atoms with E-state index in [1.165, 1.54) is 0 Å². The van der Waals surface area contributed by atoms with E-state index in [4.69, 9.17) is 10.5 Å². The average molecular weight is 209 g/mol. The zero-order chi connectivity index (χ0) is 10.9. The molecule has 0 aromatic carbocycles. The van der Waals surface area contributed by atoms with E-state index in [0.29, 0.717) is 0 Å². The van der Waals surface area contributed by atoms with Crippen LogP contribution >= 0.6 is 0 Å². The van der Waals surface area contributed by atoms with E-state index in [9.17, 15) is 0 Å². The van der Waals surface area contributed by atoms with Crippen LogP contribution in [0.3, 0.4) is 0 Å². The number of nitrogens with zero attached hydrogens (tertiary/aromatic N) is 2. The summed E-state index contributed by atoms with van der Waals surface area (Å²) in [6.07, 6.45) is 5.95. The molecule has 2 N–H and O–H groups in total. The first-order valence-corrected chi connectivity index (χ1v) is 5.49. The van der Waals surface area contributed by atoms with Crippen LogP contribution in [0.2, 0.25) is 0 Å². The lowest BCUT2D eigenvalue weighted by Gasteiger charge is -2.36. The Morgan fingerprint density at radius 2 is 2.47 bits per heavy atom. The van der Waals surface area contributed by atoms with Gasteiger partial charge in [-0.25, -0.2) is 4.98 Å². The molecule has 1 aromatic rings. The van der Waals surface area contributed by atoms with Gasteiger partial charge in [-0.2, -0.15) is 0 Å². The minimum Gasteiger partial charge on any atom is -0.379 e. The second-order valence-corrected chi connectivity index (χ2v) is 4.63. The fraction of sp³-hybridized carbons (Fsp3) is 0.727. The Morgan fingerprint density at radius 1 is 1.67 bits per heavy atom. The van der Waals surface area contributed by atoms with Gasteiger partial charge in [0.15, 0.2) is 0 Å². The van der Waals surface area contributed by atoms with Gasteiger partial charge in [0.05, 0.1) is 24.2 Å². The van der Waals surface area contributed by atoms with E-state index < -0.39 is 0 Å². The smallest absolute Gasteiger partial charge is 0.0954 e. The van der Waals surface area contributed by atoms with Gasteiger partial charge in [0.1, 0.15) is 0 Å². The highest BCUT2D eigenvalue weighted by Gasteiger charge is 2.31. The Hall–Kier alpha value is -0.870. The Balaban J connectivity index is 2.30. The normalized spacial score (nSPS) is 29.0. The molecule has 0 amide bonds. The van der Waals surface area contributed by atoms with E-state index in [0.717, 1.165) is 31.7 Å². The number of ether oxygens (including phenoxy) is 1. The number of rotatable bonds is 2. The fourth-order valence-corrected chi connectivity index (χ4v) is 2.20. The zero-order valence-corrected chi connectivity index (χ0v) is 9.44. The molecule has 2 rings (SSSR count). The van der Waals surface area contributed by atoms with E-state index in [-0.39, 0.29) is 11.6 Å². The molecule has 0 saturated carbocycles. The molecule has 0 radical (unpaired) electrons. The largest absolute Gasteiger partial charge is 0.379 e. The lowest BCUT2D eigenvalue weighted by molar-refractivity contribution is 0.00793. The third-order valence-electron chi connectivity index (χ3n) is 3.13. The summed E-state index contributed by atoms with van der Waals surface area (Å²) >= 11 is 0. The van der Waals surface area contributed by atoms with Crippen LogP contribution in [0.5, 0.6) is 0 Å². The van der Waals surface area contributed by atoms with Crippen molar-refractivity contribution in [2.45, 2.75) is 38.3 Å². The van der Waals surface area contributed by atoms with E-state index in [2.05, 4.69) is 16.5 Å². The SMILES string of the molecule is C[C@@H](N)c1cncn1C1(C)CCCOC1. The first-order chi connectivity index (χ1) is 7.13. The molecule has 1 fully saturated rings. The van der Waals surface area contributed by atoms with Crippen LogP contribution in [-0.2, 0) is 10.3 Å². The maximum atomic E-state index is 5.92. The quantitative estimate of drug-likeness (QED) is 0.801. The summed E-state index contributed by atoms with van der Waals surface area (Å²) in [5.74, 6) is 0. The van der Waals surface area contributed by atoms with E-state index >= 15 is 0 Å². The average Bonchev–Trinajstić information content (AvgIpc) is 2.67. The van der Waals surface area contributed by atoms with Gasteiger partial charge in [-0.05, 0) is 26.7 Å². The number of hydrogen-bond donors (Lipinski definition) is 1. The van der Waals surface area contributed by atoms with Gasteiger partial charge in [0, 0.05) is 18.8 Å². The molecule has 15 heavy (non-hydrogen) atoms. The summed E-state index contributed by atoms with van der Waals surface area (Å²) in [5.41, 5.74) is 7.03. The van der Waals surface area contributed by atoms with Crippen molar-refractivity contribution in [2.75, 3.05) is 13.2 Å². The second kappa shape index (κ2) is 3.94. The van der Waals surface area contributed by atoms with E-state index in [1.807, 2.05) is 19.4 Å². The molecule has 1 unspecified atom stereocenters. The van der Waals surface area contributed by atoms with Crippen molar-refractivity contribution in [3.8, 4) is 0 Å². The molecule has 1 saturated heterocycles. The predicted molar refractivity (Wildman–Crippen MR) is 58.5 cm³/mol. The van der Waals surface area contributed by atoms with Gasteiger partial charge in [0.2, 0.25) is 0 Å². The molecule has 0 spiro atoms. The second-order valence-electron chi connectivity index (χ2n) is 4.63. The molecule has 84 valence electrons. The van der Waals surface area contributed by atoms with Crippen LogP contribution in [0.1, 0.15) is 38.4 Å². The maximum absolute atomic E-state index is 5.92. The maximum Gasteiger partial charge on any atom is 0.0954 e. The van der Waals surface area contributed by atoms with Crippen LogP contribution in [0.25, 0.3) is 0 Å². The number of aromatic nitrogens is 2. The molecule has 2 heterocycles. The third kappa shape index (κ3) is 1.92. The van der Waals surface area contributed by atoms with Crippen molar-refractivity contribution in [2.24, 2.45) is 5.73 Å². The fourth-order valence-electron chi connectivity index (χ4n) is 2.20. The van der Waals surface area contributed by atoms with Crippen LogP contribution < -0.4 is 5.73 Å². The Labute approximate surface area is 90.4 Å². The molecule has 2 atom stereocenters. The molecular weight excluding hydrogens is 190 g/mol. The Bertz CT molecular complexity index is 326. The van der Waals surface area contributed by atoms with Gasteiger partial charge in [-0.15, -0.1) is 0 Å². The number of hydrogen-bond acceptors (Lipinski definition) is 3. The molecule has 1 aromatic heterocycles. The van der Waals surface area contributed by atoms with Gasteiger partial charge >= 0.3 is 0 Å². The lowest BCUT2D eigenvalue weighted by Crippen LogP contribution is -2.40. The number of imidazole rings is 1. The lowest BCUT2D eigenvalue weighted by atomic mass is 9.94. The van der Waals surface area contributed by atoms with Crippen molar-refractivity contribution >= 4 is 0 Å². The molecule has 0 aliphatic carbocycles. The van der Waals surface area contributed by atoms with Gasteiger partial charge in [0.25, 0.3) is 0 Å². The van der Waals surface area contributed by atoms with Crippen molar-refractivity contribution in [1.82, 2.24) is 9.55 Å². The summed E-state index contributed by atoms with van der Waals surface area (Å²) in [5, 5.41) is 0. The van der Waals surface area contributed by atoms with Crippen LogP contribution in [-0.4, -0.2) is 22.8 Å². The van der Waals surface area contributed by atoms with Gasteiger partial charge < -0.3 is 15.0 Å². The molecule has 0 bridgehead atoms. The van der Waals surface area contributed by atoms with Gasteiger partial charge in [-0.3, -0.25) is 0 Å². The van der Waals surface area contributed by atoms with Crippen LogP contribution in [0.4, 0.5) is 0 Å². The molecule has 1 aliphatic heterocycles. The van der Waals surface area contributed by atoms with Crippen LogP contribution in [0.15, 0.2) is 12.5 Å². The molecule has 4 nitrogen and oxygen atoms in total. The van der Waals surface area contributed by atoms with Gasteiger partial charge in [-0.1, -0.05) is 0 Å². The third-order valence-corrected chi connectivity index (χ3v) is 3.13. The first kappa shape index (κ1) is 10.6. The minimum atomic E-state index is 0.0197. The summed E-state index contributed by atoms with van der Waals surface area (Å²) in [7, 11) is 0. The topological polar surface area (TPSA) is 53.1 Å². The standard InChI is InChI=1S/C11H19N3O/c1-9(12)10-6-13-8-14(10)11(2)4-3-5-15-7-11/h6,8-9H,3-5,7,12H2,1-2H3/t9-,11?/m1/s1. The minimum absolute atomic E-state index is 0.0197. The highest BCUT2D eigenvalue weighted by molar-refractivity contribution is 5.08. The van der Waals surface area contributed by atoms with Crippen molar-refractivity contribution < 1.29 is 4.74 Å². The molecule has 1 aliphatic rings. The monoisotopic (exact) mass is 209 g/mol. The van der Waals surface area contributed by atoms with Crippen molar-refractivity contribution in [3.63, 3.8) is 0 Å².